The molecule has 1 amide bonds. The molecule has 0 radical (unpaired) electrons. The predicted octanol–water partition coefficient (Wildman–Crippen LogP) is 6.22. The molecule has 7 nitrogen and oxygen atoms in total. The number of anilines is 2. The number of carbonyl (C=O) groups is 1. The highest BCUT2D eigenvalue weighted by Gasteiger charge is 2.44. The minimum absolute atomic E-state index is 0.0283. The van der Waals surface area contributed by atoms with Crippen molar-refractivity contribution in [1.82, 2.24) is 19.7 Å². The largest absolute Gasteiger partial charge is 0.347 e. The van der Waals surface area contributed by atoms with Crippen LogP contribution >= 0.6 is 11.3 Å². The maximum Gasteiger partial charge on any atom is 0.230 e. The first-order valence-electron chi connectivity index (χ1n) is 13.6. The summed E-state index contributed by atoms with van der Waals surface area (Å²) in [5.74, 6) is 1.85. The van der Waals surface area contributed by atoms with E-state index in [0.29, 0.717) is 18.0 Å². The fourth-order valence-electron chi connectivity index (χ4n) is 5.42. The van der Waals surface area contributed by atoms with Gasteiger partial charge in [0, 0.05) is 36.6 Å². The van der Waals surface area contributed by atoms with Crippen LogP contribution in [-0.4, -0.2) is 38.7 Å². The number of aryl methyl sites for hydroxylation is 4. The summed E-state index contributed by atoms with van der Waals surface area (Å²) in [6.07, 6.45) is 5.52. The van der Waals surface area contributed by atoms with Crippen LogP contribution in [0.5, 0.6) is 0 Å². The molecule has 1 aliphatic carbocycles. The Hall–Kier alpha value is -2.74. The fraction of sp³-hybridized carbons (Fsp3) is 0.586. The van der Waals surface area contributed by atoms with Crippen LogP contribution < -0.4 is 10.2 Å². The maximum atomic E-state index is 13.8. The van der Waals surface area contributed by atoms with Crippen LogP contribution in [0.1, 0.15) is 86.9 Å². The number of carbonyl (C=O) groups excluding carboxylic acids is 1. The van der Waals surface area contributed by atoms with Crippen molar-refractivity contribution in [1.29, 1.82) is 0 Å². The van der Waals surface area contributed by atoms with Gasteiger partial charge in [0.1, 0.15) is 11.6 Å². The van der Waals surface area contributed by atoms with Crippen LogP contribution in [0.4, 0.5) is 10.8 Å². The lowest BCUT2D eigenvalue weighted by molar-refractivity contribution is -0.119. The molecule has 3 aromatic rings. The maximum absolute atomic E-state index is 13.8. The molecule has 2 aliphatic rings. The molecule has 8 heteroatoms. The molecule has 1 N–H and O–H groups in total. The van der Waals surface area contributed by atoms with E-state index in [2.05, 4.69) is 53.9 Å². The summed E-state index contributed by atoms with van der Waals surface area (Å²) in [5, 5.41) is 15.8. The summed E-state index contributed by atoms with van der Waals surface area (Å²) in [7, 11) is 0. The van der Waals surface area contributed by atoms with E-state index in [-0.39, 0.29) is 17.7 Å². The van der Waals surface area contributed by atoms with E-state index in [9.17, 15) is 4.79 Å². The van der Waals surface area contributed by atoms with Gasteiger partial charge in [0.2, 0.25) is 5.91 Å². The van der Waals surface area contributed by atoms with Crippen molar-refractivity contribution in [2.75, 3.05) is 23.3 Å². The first-order chi connectivity index (χ1) is 17.6. The summed E-state index contributed by atoms with van der Waals surface area (Å²) >= 11 is 1.65. The second kappa shape index (κ2) is 10.2. The molecule has 3 heterocycles. The molecule has 37 heavy (non-hydrogen) atoms. The highest BCUT2D eigenvalue weighted by atomic mass is 32.1. The summed E-state index contributed by atoms with van der Waals surface area (Å²) in [6, 6.07) is 6.63. The molecule has 1 saturated heterocycles. The molecule has 1 saturated carbocycles. The molecule has 2 aromatic heterocycles. The van der Waals surface area contributed by atoms with Crippen molar-refractivity contribution in [3.63, 3.8) is 0 Å². The summed E-state index contributed by atoms with van der Waals surface area (Å²) in [4.78, 5) is 20.8. The van der Waals surface area contributed by atoms with Gasteiger partial charge >= 0.3 is 0 Å². The number of benzene rings is 1. The lowest BCUT2D eigenvalue weighted by atomic mass is 9.90. The smallest absolute Gasteiger partial charge is 0.230 e. The Kier molecular flexibility index (Phi) is 7.14. The average Bonchev–Trinajstić information content (AvgIpc) is 3.21. The molecule has 0 spiro atoms. The Bertz CT molecular complexity index is 1270. The number of thiazole rings is 1. The van der Waals surface area contributed by atoms with Crippen LogP contribution in [0.15, 0.2) is 23.6 Å². The Morgan fingerprint density at radius 1 is 1.14 bits per heavy atom. The van der Waals surface area contributed by atoms with E-state index in [0.717, 1.165) is 59.5 Å². The van der Waals surface area contributed by atoms with Gasteiger partial charge in [-0.05, 0) is 63.5 Å². The van der Waals surface area contributed by atoms with Crippen molar-refractivity contribution < 1.29 is 4.79 Å². The number of amides is 1. The minimum Gasteiger partial charge on any atom is -0.347 e. The molecule has 0 bridgehead atoms. The first kappa shape index (κ1) is 25.9. The van der Waals surface area contributed by atoms with Crippen molar-refractivity contribution in [3.8, 4) is 0 Å². The Labute approximate surface area is 224 Å². The highest BCUT2D eigenvalue weighted by molar-refractivity contribution is 7.13. The van der Waals surface area contributed by atoms with Gasteiger partial charge in [-0.15, -0.1) is 21.5 Å². The van der Waals surface area contributed by atoms with Crippen LogP contribution in [0.3, 0.4) is 0 Å². The normalized spacial score (nSPS) is 20.0. The van der Waals surface area contributed by atoms with Crippen LogP contribution in [0.25, 0.3) is 0 Å². The van der Waals surface area contributed by atoms with Gasteiger partial charge in [0.05, 0.1) is 17.5 Å². The van der Waals surface area contributed by atoms with E-state index in [1.165, 1.54) is 18.4 Å². The number of aromatic nitrogens is 4. The first-order valence-corrected chi connectivity index (χ1v) is 14.5. The second-order valence-corrected chi connectivity index (χ2v) is 13.0. The van der Waals surface area contributed by atoms with Gasteiger partial charge in [-0.3, -0.25) is 4.79 Å². The summed E-state index contributed by atoms with van der Waals surface area (Å²) in [5.41, 5.74) is 4.47. The van der Waals surface area contributed by atoms with E-state index >= 15 is 0 Å². The number of nitrogens with one attached hydrogen (secondary N) is 1. The zero-order valence-corrected chi connectivity index (χ0v) is 23.9. The molecular formula is C29H40N6OS. The standard InChI is InChI=1S/C29H40N6OS/c1-18-9-12-24(19(2)14-18)31-27(36)23-16-34(28-30-20(3)17-37-28)15-22(23)26-33-32-25(35(26)21-10-11-21)8-7-13-29(4,5)6/h9,12,14,17,21-23H,7-8,10-11,13,15-16H2,1-6H3,(H,31,36)/t22-,23-/m0/s1. The van der Waals surface area contributed by atoms with Crippen molar-refractivity contribution in [3.05, 3.63) is 52.0 Å². The molecule has 0 unspecified atom stereocenters. The third-order valence-corrected chi connectivity index (χ3v) is 8.56. The summed E-state index contributed by atoms with van der Waals surface area (Å²) in [6.45, 7) is 14.4. The van der Waals surface area contributed by atoms with Crippen molar-refractivity contribution in [2.45, 2.75) is 85.6 Å². The van der Waals surface area contributed by atoms with Gasteiger partial charge in [0.25, 0.3) is 0 Å². The number of hydrogen-bond acceptors (Lipinski definition) is 6. The molecule has 1 aromatic carbocycles. The van der Waals surface area contributed by atoms with E-state index in [1.54, 1.807) is 11.3 Å². The van der Waals surface area contributed by atoms with Crippen LogP contribution in [-0.2, 0) is 11.2 Å². The zero-order valence-electron chi connectivity index (χ0n) is 23.0. The number of nitrogens with zero attached hydrogens (tertiary/aromatic N) is 5. The lowest BCUT2D eigenvalue weighted by Crippen LogP contribution is -2.30. The summed E-state index contributed by atoms with van der Waals surface area (Å²) < 4.78 is 2.39. The third kappa shape index (κ3) is 5.89. The van der Waals surface area contributed by atoms with E-state index in [4.69, 9.17) is 15.2 Å². The van der Waals surface area contributed by atoms with Gasteiger partial charge in [-0.25, -0.2) is 4.98 Å². The number of hydrogen-bond donors (Lipinski definition) is 1. The highest BCUT2D eigenvalue weighted by Crippen LogP contribution is 2.43. The minimum atomic E-state index is -0.228. The SMILES string of the molecule is Cc1ccc(NC(=O)[C@H]2CN(c3nc(C)cs3)C[C@@H]2c2nnc(CCCC(C)(C)C)n2C2CC2)c(C)c1. The number of rotatable bonds is 8. The Balaban J connectivity index is 1.43. The molecule has 5 rings (SSSR count). The topological polar surface area (TPSA) is 75.9 Å². The fourth-order valence-corrected chi connectivity index (χ4v) is 6.25. The second-order valence-electron chi connectivity index (χ2n) is 12.2. The van der Waals surface area contributed by atoms with Gasteiger partial charge in [-0.2, -0.15) is 0 Å². The van der Waals surface area contributed by atoms with Gasteiger partial charge in [0.15, 0.2) is 5.13 Å². The zero-order chi connectivity index (χ0) is 26.3. The third-order valence-electron chi connectivity index (χ3n) is 7.54. The predicted molar refractivity (Wildman–Crippen MR) is 151 cm³/mol. The molecule has 1 aliphatic heterocycles. The molecular weight excluding hydrogens is 480 g/mol. The van der Waals surface area contributed by atoms with E-state index in [1.807, 2.05) is 26.0 Å². The molecule has 2 atom stereocenters. The van der Waals surface area contributed by atoms with Gasteiger partial charge in [-0.1, -0.05) is 38.5 Å². The van der Waals surface area contributed by atoms with Crippen LogP contribution in [0.2, 0.25) is 0 Å². The van der Waals surface area contributed by atoms with Crippen molar-refractivity contribution in [2.24, 2.45) is 11.3 Å². The van der Waals surface area contributed by atoms with Crippen molar-refractivity contribution >= 4 is 28.1 Å². The van der Waals surface area contributed by atoms with Gasteiger partial charge < -0.3 is 14.8 Å². The molecule has 2 fully saturated rings. The monoisotopic (exact) mass is 520 g/mol. The quantitative estimate of drug-likeness (QED) is 0.381. The Morgan fingerprint density at radius 3 is 2.57 bits per heavy atom. The molecule has 198 valence electrons. The average molecular weight is 521 g/mol. The Morgan fingerprint density at radius 2 is 1.92 bits per heavy atom. The van der Waals surface area contributed by atoms with E-state index < -0.39 is 0 Å². The van der Waals surface area contributed by atoms with Crippen LogP contribution in [0, 0.1) is 32.1 Å². The lowest BCUT2D eigenvalue weighted by Gasteiger charge is -2.20.